The molecule has 2 rings (SSSR count). The van der Waals surface area contributed by atoms with E-state index in [0.29, 0.717) is 24.9 Å². The van der Waals surface area contributed by atoms with Gasteiger partial charge in [-0.15, -0.1) is 0 Å². The van der Waals surface area contributed by atoms with E-state index in [1.807, 2.05) is 0 Å². The minimum absolute atomic E-state index is 0.145. The maximum Gasteiger partial charge on any atom is 0.324 e. The highest BCUT2D eigenvalue weighted by molar-refractivity contribution is 5.96. The van der Waals surface area contributed by atoms with E-state index < -0.39 is 0 Å². The lowest BCUT2D eigenvalue weighted by molar-refractivity contribution is -0.122. The van der Waals surface area contributed by atoms with Crippen molar-refractivity contribution in [1.29, 1.82) is 0 Å². The van der Waals surface area contributed by atoms with Crippen molar-refractivity contribution >= 4 is 11.9 Å². The molecule has 2 unspecified atom stereocenters. The van der Waals surface area contributed by atoms with Gasteiger partial charge in [0.1, 0.15) is 0 Å². The van der Waals surface area contributed by atoms with Crippen molar-refractivity contribution in [3.05, 3.63) is 0 Å². The second-order valence-corrected chi connectivity index (χ2v) is 3.92. The summed E-state index contributed by atoms with van der Waals surface area (Å²) in [6.45, 7) is 2.75. The second kappa shape index (κ2) is 3.01. The summed E-state index contributed by atoms with van der Waals surface area (Å²) in [5.74, 6) is 0.451. The molecule has 72 valence electrons. The van der Waals surface area contributed by atoms with E-state index in [9.17, 15) is 9.59 Å². The third-order valence-electron chi connectivity index (χ3n) is 3.06. The van der Waals surface area contributed by atoms with Gasteiger partial charge in [-0.2, -0.15) is 0 Å². The molecule has 2 atom stereocenters. The number of hydrogen-bond acceptors (Lipinski definition) is 2. The second-order valence-electron chi connectivity index (χ2n) is 3.92. The molecule has 0 aromatic carbocycles. The van der Waals surface area contributed by atoms with Gasteiger partial charge in [-0.3, -0.25) is 10.1 Å². The van der Waals surface area contributed by atoms with Crippen molar-refractivity contribution in [3.8, 4) is 0 Å². The van der Waals surface area contributed by atoms with Gasteiger partial charge in [-0.05, 0) is 18.8 Å². The van der Waals surface area contributed by atoms with Crippen LogP contribution in [0.1, 0.15) is 26.2 Å². The fourth-order valence-electron chi connectivity index (χ4n) is 2.01. The molecule has 3 amide bonds. The standard InChI is InChI=1S/C9H14N2O2/c1-6-2-3-7(6)11-5-4-8(12)10-9(11)13/h6-7H,2-5H2,1H3,(H,10,12,13). The third-order valence-corrected chi connectivity index (χ3v) is 3.06. The summed E-state index contributed by atoms with van der Waals surface area (Å²) in [4.78, 5) is 24.1. The Morgan fingerprint density at radius 1 is 1.38 bits per heavy atom. The minimum atomic E-state index is -0.201. The van der Waals surface area contributed by atoms with Gasteiger partial charge in [0.05, 0.1) is 0 Å². The van der Waals surface area contributed by atoms with Crippen molar-refractivity contribution < 1.29 is 9.59 Å². The maximum absolute atomic E-state index is 11.4. The smallest absolute Gasteiger partial charge is 0.321 e. The zero-order valence-corrected chi connectivity index (χ0v) is 7.75. The van der Waals surface area contributed by atoms with Gasteiger partial charge in [0.15, 0.2) is 0 Å². The highest BCUT2D eigenvalue weighted by Gasteiger charge is 2.37. The predicted octanol–water partition coefficient (Wildman–Crippen LogP) is 0.727. The molecule has 1 saturated carbocycles. The van der Waals surface area contributed by atoms with Crippen LogP contribution >= 0.6 is 0 Å². The molecule has 13 heavy (non-hydrogen) atoms. The number of nitrogens with one attached hydrogen (secondary N) is 1. The average molecular weight is 182 g/mol. The largest absolute Gasteiger partial charge is 0.324 e. The summed E-state index contributed by atoms with van der Waals surface area (Å²) in [5.41, 5.74) is 0. The summed E-state index contributed by atoms with van der Waals surface area (Å²) < 4.78 is 0. The molecule has 2 fully saturated rings. The normalized spacial score (nSPS) is 34.1. The molecule has 1 N–H and O–H groups in total. The van der Waals surface area contributed by atoms with E-state index in [2.05, 4.69) is 12.2 Å². The van der Waals surface area contributed by atoms with Crippen molar-refractivity contribution in [2.75, 3.05) is 6.54 Å². The first-order valence-electron chi connectivity index (χ1n) is 4.79. The summed E-state index contributed by atoms with van der Waals surface area (Å²) in [6.07, 6.45) is 2.74. The highest BCUT2D eigenvalue weighted by atomic mass is 16.2. The summed E-state index contributed by atoms with van der Waals surface area (Å²) in [5, 5.41) is 2.35. The van der Waals surface area contributed by atoms with E-state index in [4.69, 9.17) is 0 Å². The van der Waals surface area contributed by atoms with Gasteiger partial charge in [0.25, 0.3) is 0 Å². The lowest BCUT2D eigenvalue weighted by atomic mass is 9.80. The van der Waals surface area contributed by atoms with Gasteiger partial charge in [-0.25, -0.2) is 4.79 Å². The Morgan fingerprint density at radius 2 is 2.15 bits per heavy atom. The van der Waals surface area contributed by atoms with E-state index in [-0.39, 0.29) is 11.9 Å². The van der Waals surface area contributed by atoms with Crippen molar-refractivity contribution in [2.24, 2.45) is 5.92 Å². The first kappa shape index (κ1) is 8.53. The van der Waals surface area contributed by atoms with Crippen molar-refractivity contribution in [2.45, 2.75) is 32.2 Å². The van der Waals surface area contributed by atoms with Crippen LogP contribution in [0.15, 0.2) is 0 Å². The van der Waals surface area contributed by atoms with Crippen LogP contribution in [-0.4, -0.2) is 29.4 Å². The number of urea groups is 1. The Balaban J connectivity index is 1.99. The van der Waals surface area contributed by atoms with Crippen LogP contribution in [0.2, 0.25) is 0 Å². The third kappa shape index (κ3) is 1.41. The van der Waals surface area contributed by atoms with Crippen molar-refractivity contribution in [1.82, 2.24) is 10.2 Å². The van der Waals surface area contributed by atoms with E-state index in [0.717, 1.165) is 6.42 Å². The number of amides is 3. The fraction of sp³-hybridized carbons (Fsp3) is 0.778. The van der Waals surface area contributed by atoms with E-state index >= 15 is 0 Å². The number of hydrogen-bond donors (Lipinski definition) is 1. The van der Waals surface area contributed by atoms with Crippen LogP contribution in [-0.2, 0) is 4.79 Å². The number of imide groups is 1. The van der Waals surface area contributed by atoms with Crippen LogP contribution in [0.5, 0.6) is 0 Å². The van der Waals surface area contributed by atoms with E-state index in [1.165, 1.54) is 6.42 Å². The van der Waals surface area contributed by atoms with Crippen LogP contribution in [0.3, 0.4) is 0 Å². The molecule has 1 saturated heterocycles. The van der Waals surface area contributed by atoms with Gasteiger partial charge in [0.2, 0.25) is 5.91 Å². The molecule has 2 aliphatic rings. The quantitative estimate of drug-likeness (QED) is 0.649. The Labute approximate surface area is 77.3 Å². The first-order chi connectivity index (χ1) is 6.18. The molecule has 1 aliphatic heterocycles. The van der Waals surface area contributed by atoms with Gasteiger partial charge < -0.3 is 4.90 Å². The molecule has 1 aliphatic carbocycles. The van der Waals surface area contributed by atoms with Crippen molar-refractivity contribution in [3.63, 3.8) is 0 Å². The SMILES string of the molecule is CC1CCC1N1CCC(=O)NC1=O. The Kier molecular flexibility index (Phi) is 1.98. The Bertz CT molecular complexity index is 252. The zero-order chi connectivity index (χ0) is 9.42. The highest BCUT2D eigenvalue weighted by Crippen LogP contribution is 2.32. The number of carbonyl (C=O) groups is 2. The van der Waals surface area contributed by atoms with Crippen LogP contribution in [0.4, 0.5) is 4.79 Å². The molecule has 1 heterocycles. The zero-order valence-electron chi connectivity index (χ0n) is 7.75. The summed E-state index contributed by atoms with van der Waals surface area (Å²) in [7, 11) is 0. The summed E-state index contributed by atoms with van der Waals surface area (Å²) >= 11 is 0. The van der Waals surface area contributed by atoms with E-state index in [1.54, 1.807) is 4.90 Å². The molecule has 4 nitrogen and oxygen atoms in total. The molecule has 4 heteroatoms. The van der Waals surface area contributed by atoms with Gasteiger partial charge >= 0.3 is 6.03 Å². The number of rotatable bonds is 1. The lowest BCUT2D eigenvalue weighted by Gasteiger charge is -2.43. The molecular weight excluding hydrogens is 168 g/mol. The lowest BCUT2D eigenvalue weighted by Crippen LogP contribution is -2.57. The van der Waals surface area contributed by atoms with Gasteiger partial charge in [0, 0.05) is 19.0 Å². The summed E-state index contributed by atoms with van der Waals surface area (Å²) in [6, 6.07) is 0.167. The molecule has 0 radical (unpaired) electrons. The van der Waals surface area contributed by atoms with Crippen LogP contribution < -0.4 is 5.32 Å². The monoisotopic (exact) mass is 182 g/mol. The first-order valence-corrected chi connectivity index (χ1v) is 4.79. The topological polar surface area (TPSA) is 49.4 Å². The fourth-order valence-corrected chi connectivity index (χ4v) is 2.01. The molecular formula is C9H14N2O2. The Hall–Kier alpha value is -1.06. The molecule has 0 aromatic rings. The Morgan fingerprint density at radius 3 is 2.62 bits per heavy atom. The van der Waals surface area contributed by atoms with Gasteiger partial charge in [-0.1, -0.05) is 6.92 Å². The minimum Gasteiger partial charge on any atom is -0.321 e. The maximum atomic E-state index is 11.4. The van der Waals surface area contributed by atoms with Crippen LogP contribution in [0.25, 0.3) is 0 Å². The van der Waals surface area contributed by atoms with Crippen LogP contribution in [0, 0.1) is 5.92 Å². The molecule has 0 aromatic heterocycles. The molecule has 0 bridgehead atoms. The molecule has 0 spiro atoms. The predicted molar refractivity (Wildman–Crippen MR) is 47.0 cm³/mol. The number of carbonyl (C=O) groups excluding carboxylic acids is 2. The number of nitrogens with zero attached hydrogens (tertiary/aromatic N) is 1. The average Bonchev–Trinajstić information content (AvgIpc) is 2.07.